The fourth-order valence-corrected chi connectivity index (χ4v) is 2.16. The molecular formula is C11H14Cl2NO2P. The van der Waals surface area contributed by atoms with Gasteiger partial charge in [0.2, 0.25) is 0 Å². The third-order valence-electron chi connectivity index (χ3n) is 2.27. The molecule has 3 nitrogen and oxygen atoms in total. The summed E-state index contributed by atoms with van der Waals surface area (Å²) in [6.07, 6.45) is 1.13. The molecule has 0 amide bonds. The first-order chi connectivity index (χ1) is 8.11. The number of hydrogen-bond acceptors (Lipinski definition) is 3. The molecule has 0 saturated carbocycles. The number of nitrogens with one attached hydrogen (secondary N) is 1. The van der Waals surface area contributed by atoms with Crippen molar-refractivity contribution in [2.45, 2.75) is 12.8 Å². The Morgan fingerprint density at radius 3 is 2.65 bits per heavy atom. The number of carbonyl (C=O) groups excluding carboxylic acids is 1. The van der Waals surface area contributed by atoms with Crippen molar-refractivity contribution in [2.24, 2.45) is 0 Å². The van der Waals surface area contributed by atoms with Crippen molar-refractivity contribution in [3.8, 4) is 5.75 Å². The van der Waals surface area contributed by atoms with Crippen molar-refractivity contribution in [1.29, 1.82) is 0 Å². The lowest BCUT2D eigenvalue weighted by Crippen LogP contribution is -2.07. The summed E-state index contributed by atoms with van der Waals surface area (Å²) in [4.78, 5) is 12.0. The first-order valence-electron chi connectivity index (χ1n) is 5.10. The van der Waals surface area contributed by atoms with E-state index >= 15 is 0 Å². The third-order valence-corrected chi connectivity index (χ3v) is 3.17. The van der Waals surface area contributed by atoms with Crippen LogP contribution in [0.5, 0.6) is 5.75 Å². The van der Waals surface area contributed by atoms with Crippen LogP contribution in [-0.4, -0.2) is 19.4 Å². The molecule has 1 N–H and O–H groups in total. The van der Waals surface area contributed by atoms with Gasteiger partial charge in [0.15, 0.2) is 5.78 Å². The fraction of sp³-hybridized carbons (Fsp3) is 0.364. The van der Waals surface area contributed by atoms with E-state index in [0.29, 0.717) is 27.8 Å². The number of benzene rings is 1. The summed E-state index contributed by atoms with van der Waals surface area (Å²) in [5, 5.41) is 3.67. The van der Waals surface area contributed by atoms with E-state index < -0.39 is 0 Å². The van der Waals surface area contributed by atoms with Crippen LogP contribution in [0.1, 0.15) is 23.2 Å². The summed E-state index contributed by atoms with van der Waals surface area (Å²) in [7, 11) is 3.86. The van der Waals surface area contributed by atoms with Crippen LogP contribution in [-0.2, 0) is 0 Å². The second kappa shape index (κ2) is 7.17. The van der Waals surface area contributed by atoms with Crippen LogP contribution in [0, 0.1) is 0 Å². The van der Waals surface area contributed by atoms with Gasteiger partial charge < -0.3 is 9.82 Å². The van der Waals surface area contributed by atoms with Gasteiger partial charge in [-0.05, 0) is 25.1 Å². The lowest BCUT2D eigenvalue weighted by Gasteiger charge is -2.11. The molecule has 1 rings (SSSR count). The second-order valence-electron chi connectivity index (χ2n) is 3.42. The molecule has 0 bridgehead atoms. The van der Waals surface area contributed by atoms with Crippen molar-refractivity contribution in [3.63, 3.8) is 0 Å². The van der Waals surface area contributed by atoms with Crippen molar-refractivity contribution >= 4 is 38.4 Å². The molecule has 94 valence electrons. The fourth-order valence-electron chi connectivity index (χ4n) is 1.47. The molecular weight excluding hydrogens is 280 g/mol. The Hall–Kier alpha value is -0.340. The van der Waals surface area contributed by atoms with Crippen LogP contribution in [0.2, 0.25) is 10.0 Å². The molecule has 1 aromatic carbocycles. The largest absolute Gasteiger partial charge is 0.494 e. The minimum Gasteiger partial charge on any atom is -0.494 e. The topological polar surface area (TPSA) is 38.3 Å². The smallest absolute Gasteiger partial charge is 0.168 e. The van der Waals surface area contributed by atoms with Gasteiger partial charge >= 0.3 is 0 Å². The van der Waals surface area contributed by atoms with Gasteiger partial charge in [-0.3, -0.25) is 4.79 Å². The summed E-state index contributed by atoms with van der Waals surface area (Å²) in [6.45, 7) is 0.747. The minimum atomic E-state index is -0.0606. The van der Waals surface area contributed by atoms with Gasteiger partial charge in [0.05, 0.1) is 22.7 Å². The van der Waals surface area contributed by atoms with Crippen LogP contribution in [0.4, 0.5) is 0 Å². The number of ketones is 1. The quantitative estimate of drug-likeness (QED) is 0.497. The highest BCUT2D eigenvalue weighted by Gasteiger charge is 2.18. The number of carbonyl (C=O) groups is 1. The van der Waals surface area contributed by atoms with Crippen molar-refractivity contribution < 1.29 is 9.53 Å². The van der Waals surface area contributed by atoms with Crippen LogP contribution >= 0.6 is 32.6 Å². The summed E-state index contributed by atoms with van der Waals surface area (Å²) in [5.41, 5.74) is 0.366. The zero-order chi connectivity index (χ0) is 12.8. The van der Waals surface area contributed by atoms with E-state index in [9.17, 15) is 4.79 Å². The molecule has 6 heteroatoms. The molecule has 0 fully saturated rings. The molecule has 1 aromatic rings. The van der Waals surface area contributed by atoms with Crippen LogP contribution in [0.25, 0.3) is 0 Å². The Labute approximate surface area is 113 Å². The van der Waals surface area contributed by atoms with E-state index in [1.165, 1.54) is 7.11 Å². The van der Waals surface area contributed by atoms with Crippen molar-refractivity contribution in [2.75, 3.05) is 13.7 Å². The number of methoxy groups -OCH3 is 1. The number of rotatable bonds is 6. The average molecular weight is 294 g/mol. The van der Waals surface area contributed by atoms with Crippen molar-refractivity contribution in [1.82, 2.24) is 5.09 Å². The van der Waals surface area contributed by atoms with E-state index in [1.807, 2.05) is 0 Å². The Morgan fingerprint density at radius 2 is 2.06 bits per heavy atom. The van der Waals surface area contributed by atoms with Crippen LogP contribution in [0.15, 0.2) is 12.1 Å². The first-order valence-corrected chi connectivity index (χ1v) is 6.43. The summed E-state index contributed by atoms with van der Waals surface area (Å²) < 4.78 is 5.13. The van der Waals surface area contributed by atoms with Gasteiger partial charge in [-0.15, -0.1) is 0 Å². The predicted octanol–water partition coefficient (Wildman–Crippen LogP) is 3.34. The number of hydrogen-bond donors (Lipinski definition) is 1. The maximum atomic E-state index is 12.0. The molecule has 0 radical (unpaired) electrons. The van der Waals surface area contributed by atoms with Crippen LogP contribution < -0.4 is 9.82 Å². The second-order valence-corrected chi connectivity index (χ2v) is 4.64. The van der Waals surface area contributed by atoms with Gasteiger partial charge in [0.25, 0.3) is 0 Å². The molecule has 0 aliphatic rings. The van der Waals surface area contributed by atoms with Gasteiger partial charge in [0.1, 0.15) is 5.75 Å². The van der Waals surface area contributed by atoms with E-state index in [2.05, 4.69) is 14.5 Å². The zero-order valence-electron chi connectivity index (χ0n) is 9.43. The minimum absolute atomic E-state index is 0.0606. The van der Waals surface area contributed by atoms with E-state index in [-0.39, 0.29) is 5.78 Å². The van der Waals surface area contributed by atoms with Gasteiger partial charge in [0, 0.05) is 6.42 Å². The molecule has 0 aliphatic heterocycles. The van der Waals surface area contributed by atoms with Crippen molar-refractivity contribution in [3.05, 3.63) is 27.7 Å². The molecule has 0 saturated heterocycles. The normalized spacial score (nSPS) is 10.4. The number of Topliss-reactive ketones (excluding diaryl/α,β-unsaturated/α-hetero) is 1. The SMILES string of the molecule is COc1c(Cl)ccc(Cl)c1C(=O)CCCNP. The number of ether oxygens (including phenoxy) is 1. The Morgan fingerprint density at radius 1 is 1.41 bits per heavy atom. The molecule has 17 heavy (non-hydrogen) atoms. The Kier molecular flexibility index (Phi) is 6.21. The standard InChI is InChI=1S/C11H14Cl2NO2P/c1-16-11-8(13)5-4-7(12)10(11)9(15)3-2-6-14-17/h4-5,14H,2-3,6,17H2,1H3. The van der Waals surface area contributed by atoms with Gasteiger partial charge in [-0.2, -0.15) is 0 Å². The summed E-state index contributed by atoms with van der Waals surface area (Å²) >= 11 is 12.0. The molecule has 0 spiro atoms. The first kappa shape index (κ1) is 14.7. The highest BCUT2D eigenvalue weighted by atomic mass is 35.5. The summed E-state index contributed by atoms with van der Waals surface area (Å²) in [5.74, 6) is 0.289. The van der Waals surface area contributed by atoms with E-state index in [4.69, 9.17) is 27.9 Å². The Balaban J connectivity index is 2.95. The zero-order valence-corrected chi connectivity index (χ0v) is 12.1. The molecule has 1 atom stereocenters. The number of halogens is 2. The van der Waals surface area contributed by atoms with Gasteiger partial charge in [-0.1, -0.05) is 32.6 Å². The lowest BCUT2D eigenvalue weighted by atomic mass is 10.1. The van der Waals surface area contributed by atoms with Crippen LogP contribution in [0.3, 0.4) is 0 Å². The maximum absolute atomic E-state index is 12.0. The third kappa shape index (κ3) is 3.82. The average Bonchev–Trinajstić information content (AvgIpc) is 2.31. The van der Waals surface area contributed by atoms with E-state index in [0.717, 1.165) is 13.0 Å². The highest BCUT2D eigenvalue weighted by molar-refractivity contribution is 7.13. The Bertz CT molecular complexity index is 413. The van der Waals surface area contributed by atoms with E-state index in [1.54, 1.807) is 12.1 Å². The van der Waals surface area contributed by atoms with Gasteiger partial charge in [-0.25, -0.2) is 0 Å². The molecule has 1 unspecified atom stereocenters. The lowest BCUT2D eigenvalue weighted by molar-refractivity contribution is 0.0977. The highest BCUT2D eigenvalue weighted by Crippen LogP contribution is 2.34. The molecule has 0 aliphatic carbocycles. The summed E-state index contributed by atoms with van der Waals surface area (Å²) in [6, 6.07) is 3.22. The monoisotopic (exact) mass is 293 g/mol. The molecule has 0 heterocycles. The molecule has 0 aromatic heterocycles. The maximum Gasteiger partial charge on any atom is 0.168 e. The predicted molar refractivity (Wildman–Crippen MR) is 74.3 cm³/mol.